The maximum absolute atomic E-state index is 11.2. The zero-order chi connectivity index (χ0) is 14.3. The van der Waals surface area contributed by atoms with Crippen LogP contribution in [0.15, 0.2) is 24.3 Å². The van der Waals surface area contributed by atoms with Crippen molar-refractivity contribution in [2.75, 3.05) is 0 Å². The lowest BCUT2D eigenvalue weighted by Gasteiger charge is -2.39. The monoisotopic (exact) mass is 309 g/mol. The van der Waals surface area contributed by atoms with Crippen LogP contribution in [-0.4, -0.2) is 25.8 Å². The number of carbonyl (C=O) groups is 1. The Morgan fingerprint density at radius 1 is 1.11 bits per heavy atom. The highest BCUT2D eigenvalue weighted by atomic mass is 32.1. The minimum atomic E-state index is -1.21. The zero-order valence-corrected chi connectivity index (χ0v) is 15.1. The van der Waals surface area contributed by atoms with Crippen molar-refractivity contribution in [3.63, 3.8) is 0 Å². The zero-order valence-electron chi connectivity index (χ0n) is 12.2. The van der Waals surface area contributed by atoms with E-state index in [4.69, 9.17) is 0 Å². The van der Waals surface area contributed by atoms with E-state index >= 15 is 0 Å². The van der Waals surface area contributed by atoms with Gasteiger partial charge in [0.2, 0.25) is 5.12 Å². The van der Waals surface area contributed by atoms with Crippen LogP contribution in [0.5, 0.6) is 0 Å². The molecule has 5 heteroatoms. The average molecular weight is 310 g/mol. The van der Waals surface area contributed by atoms with Gasteiger partial charge >= 0.3 is 0 Å². The van der Waals surface area contributed by atoms with E-state index in [1.807, 2.05) is 12.1 Å². The van der Waals surface area contributed by atoms with Crippen LogP contribution < -0.4 is 0 Å². The third-order valence-corrected chi connectivity index (χ3v) is 14.9. The second kappa shape index (κ2) is 5.20. The molecule has 1 saturated heterocycles. The summed E-state index contributed by atoms with van der Waals surface area (Å²) in [5, 5.41) is -0.155. The quantitative estimate of drug-likeness (QED) is 0.673. The van der Waals surface area contributed by atoms with E-state index in [2.05, 4.69) is 55.2 Å². The molecule has 104 valence electrons. The van der Waals surface area contributed by atoms with Gasteiger partial charge < -0.3 is 4.23 Å². The van der Waals surface area contributed by atoms with Crippen LogP contribution in [0.4, 0.5) is 0 Å². The summed E-state index contributed by atoms with van der Waals surface area (Å²) in [6.45, 7) is 11.0. The Labute approximate surface area is 123 Å². The molecule has 2 rings (SSSR count). The second-order valence-electron chi connectivity index (χ2n) is 6.71. The summed E-state index contributed by atoms with van der Waals surface area (Å²) >= 11 is 3.86. The molecule has 0 N–H and O–H groups in total. The Balaban J connectivity index is 2.18. The van der Waals surface area contributed by atoms with Crippen molar-refractivity contribution in [1.82, 2.24) is 4.23 Å². The van der Waals surface area contributed by atoms with Gasteiger partial charge in [-0.05, 0) is 17.7 Å². The second-order valence-corrected chi connectivity index (χ2v) is 16.9. The van der Waals surface area contributed by atoms with Gasteiger partial charge in [0.05, 0.1) is 0 Å². The predicted octanol–water partition coefficient (Wildman–Crippen LogP) is 3.98. The topological polar surface area (TPSA) is 20.3 Å². The molecule has 0 atom stereocenters. The van der Waals surface area contributed by atoms with Gasteiger partial charge in [0.15, 0.2) is 0 Å². The van der Waals surface area contributed by atoms with Crippen LogP contribution in [0.1, 0.15) is 15.9 Å². The predicted molar refractivity (Wildman–Crippen MR) is 89.9 cm³/mol. The Hall–Kier alpha value is -0.366. The van der Waals surface area contributed by atoms with Gasteiger partial charge in [0.1, 0.15) is 16.5 Å². The molecule has 0 unspecified atom stereocenters. The molecule has 1 aliphatic rings. The first-order chi connectivity index (χ1) is 8.72. The lowest BCUT2D eigenvalue weighted by molar-refractivity contribution is 0.109. The maximum Gasteiger partial charge on any atom is 0.216 e. The molecule has 0 aliphatic carbocycles. The van der Waals surface area contributed by atoms with Crippen molar-refractivity contribution in [2.45, 2.75) is 44.8 Å². The van der Waals surface area contributed by atoms with E-state index < -0.39 is 16.5 Å². The molecule has 0 spiro atoms. The number of nitrogens with zero attached hydrogens (tertiary/aromatic N) is 1. The van der Waals surface area contributed by atoms with Crippen molar-refractivity contribution in [3.8, 4) is 0 Å². The lowest BCUT2D eigenvalue weighted by Crippen LogP contribution is -2.54. The van der Waals surface area contributed by atoms with Gasteiger partial charge in [-0.3, -0.25) is 4.79 Å². The first-order valence-electron chi connectivity index (χ1n) is 6.82. The number of carbonyl (C=O) groups excluding carboxylic acids is 1. The lowest BCUT2D eigenvalue weighted by atomic mass is 10.1. The van der Waals surface area contributed by atoms with Gasteiger partial charge in [-0.1, -0.05) is 50.5 Å². The number of hydrogen-bond donors (Lipinski definition) is 1. The summed E-state index contributed by atoms with van der Waals surface area (Å²) in [5.74, 6) is 0. The van der Waals surface area contributed by atoms with Crippen molar-refractivity contribution in [3.05, 3.63) is 35.4 Å². The first kappa shape index (κ1) is 15.0. The molecule has 1 fully saturated rings. The van der Waals surface area contributed by atoms with E-state index in [-0.39, 0.29) is 5.12 Å². The van der Waals surface area contributed by atoms with Crippen LogP contribution in [0.2, 0.25) is 38.3 Å². The van der Waals surface area contributed by atoms with E-state index in [9.17, 15) is 4.79 Å². The number of hydrogen-bond acceptors (Lipinski definition) is 2. The van der Waals surface area contributed by atoms with Gasteiger partial charge in [-0.15, -0.1) is 12.6 Å². The van der Waals surface area contributed by atoms with Gasteiger partial charge in [0.25, 0.3) is 0 Å². The first-order valence-corrected chi connectivity index (χ1v) is 13.6. The fourth-order valence-electron chi connectivity index (χ4n) is 3.06. The third-order valence-electron chi connectivity index (χ3n) is 4.35. The van der Waals surface area contributed by atoms with E-state index in [1.165, 1.54) is 17.7 Å². The van der Waals surface area contributed by atoms with Crippen molar-refractivity contribution in [2.24, 2.45) is 0 Å². The average Bonchev–Trinajstić information content (AvgIpc) is 2.53. The highest BCUT2D eigenvalue weighted by molar-refractivity contribution is 7.97. The fourth-order valence-corrected chi connectivity index (χ4v) is 17.1. The summed E-state index contributed by atoms with van der Waals surface area (Å²) in [4.78, 5) is 11.2. The molecule has 0 saturated carbocycles. The number of thiol groups is 1. The third kappa shape index (κ3) is 3.21. The molecular formula is C14H23NOSSi2. The fraction of sp³-hybridized carbons (Fsp3) is 0.500. The maximum atomic E-state index is 11.2. The van der Waals surface area contributed by atoms with Crippen LogP contribution in [0.3, 0.4) is 0 Å². The Kier molecular flexibility index (Phi) is 4.11. The standard InChI is InChI=1S/C14H23NOSSi2/c1-18(2)9-10-19(3,4)15(18)11-12-5-7-13(8-6-12)14(16)17/h5-8H,9-11H2,1-4H3,(H,16,17). The largest absolute Gasteiger partial charge is 0.342 e. The minimum Gasteiger partial charge on any atom is -0.342 e. The summed E-state index contributed by atoms with van der Waals surface area (Å²) in [7, 11) is -2.42. The molecular weight excluding hydrogens is 286 g/mol. The van der Waals surface area contributed by atoms with E-state index in [1.54, 1.807) is 0 Å². The van der Waals surface area contributed by atoms with Crippen LogP contribution in [-0.2, 0) is 6.54 Å². The molecule has 1 aromatic rings. The van der Waals surface area contributed by atoms with E-state index in [0.29, 0.717) is 5.56 Å². The van der Waals surface area contributed by atoms with Gasteiger partial charge in [-0.2, -0.15) is 0 Å². The molecule has 1 heterocycles. The normalized spacial score (nSPS) is 21.5. The van der Waals surface area contributed by atoms with Gasteiger partial charge in [0, 0.05) is 12.1 Å². The summed E-state index contributed by atoms with van der Waals surface area (Å²) in [6, 6.07) is 10.8. The molecule has 2 nitrogen and oxygen atoms in total. The van der Waals surface area contributed by atoms with Crippen LogP contribution in [0.25, 0.3) is 0 Å². The molecule has 0 aromatic heterocycles. The van der Waals surface area contributed by atoms with Crippen molar-refractivity contribution in [1.29, 1.82) is 0 Å². The highest BCUT2D eigenvalue weighted by Crippen LogP contribution is 2.37. The molecule has 0 radical (unpaired) electrons. The molecule has 19 heavy (non-hydrogen) atoms. The summed E-state index contributed by atoms with van der Waals surface area (Å²) in [5.41, 5.74) is 2.00. The Morgan fingerprint density at radius 2 is 1.58 bits per heavy atom. The Bertz CT molecular complexity index is 469. The smallest absolute Gasteiger partial charge is 0.216 e. The molecule has 1 aliphatic heterocycles. The van der Waals surface area contributed by atoms with Crippen LogP contribution in [0, 0.1) is 0 Å². The molecule has 0 bridgehead atoms. The minimum absolute atomic E-state index is 0.155. The molecule has 1 aromatic carbocycles. The SMILES string of the molecule is C[Si]1(C)CC[Si](C)(C)N1Cc1ccc(C(=O)S)cc1. The van der Waals surface area contributed by atoms with E-state index in [0.717, 1.165) is 6.54 Å². The van der Waals surface area contributed by atoms with Crippen molar-refractivity contribution < 1.29 is 4.79 Å². The van der Waals surface area contributed by atoms with Crippen LogP contribution >= 0.6 is 12.6 Å². The highest BCUT2D eigenvalue weighted by Gasteiger charge is 2.46. The van der Waals surface area contributed by atoms with Gasteiger partial charge in [-0.25, -0.2) is 0 Å². The Morgan fingerprint density at radius 3 is 2.00 bits per heavy atom. The number of benzene rings is 1. The summed E-state index contributed by atoms with van der Waals surface area (Å²) in [6.07, 6.45) is 0. The summed E-state index contributed by atoms with van der Waals surface area (Å²) < 4.78 is 2.84. The molecule has 0 amide bonds. The number of rotatable bonds is 3. The van der Waals surface area contributed by atoms with Crippen molar-refractivity contribution >= 4 is 34.2 Å².